The average molecular weight is 456 g/mol. The fourth-order valence-corrected chi connectivity index (χ4v) is 3.36. The van der Waals surface area contributed by atoms with Crippen molar-refractivity contribution in [1.29, 1.82) is 0 Å². The minimum Gasteiger partial charge on any atom is -0.494 e. The molecule has 1 aliphatic rings. The number of ether oxygens (including phenoxy) is 1. The minimum atomic E-state index is -4.58. The summed E-state index contributed by atoms with van der Waals surface area (Å²) in [5, 5.41) is 0. The number of benzene rings is 2. The molecule has 0 saturated carbocycles. The highest BCUT2D eigenvalue weighted by atomic mass is 19.4. The van der Waals surface area contributed by atoms with Gasteiger partial charge in [0.1, 0.15) is 11.6 Å². The molecule has 4 rings (SSSR count). The van der Waals surface area contributed by atoms with Crippen molar-refractivity contribution < 1.29 is 22.3 Å². The van der Waals surface area contributed by atoms with Crippen molar-refractivity contribution in [2.75, 3.05) is 6.61 Å². The van der Waals surface area contributed by atoms with Gasteiger partial charge in [-0.25, -0.2) is 19.4 Å². The van der Waals surface area contributed by atoms with Crippen molar-refractivity contribution in [2.24, 2.45) is 9.98 Å². The Labute approximate surface area is 187 Å². The zero-order valence-corrected chi connectivity index (χ0v) is 17.7. The van der Waals surface area contributed by atoms with Crippen molar-refractivity contribution in [3.63, 3.8) is 0 Å². The Morgan fingerprint density at radius 3 is 2.45 bits per heavy atom. The van der Waals surface area contributed by atoms with Gasteiger partial charge in [0.05, 0.1) is 23.8 Å². The van der Waals surface area contributed by atoms with E-state index in [1.807, 2.05) is 6.92 Å². The first-order chi connectivity index (χ1) is 15.8. The van der Waals surface area contributed by atoms with Crippen LogP contribution in [0.25, 0.3) is 11.4 Å². The van der Waals surface area contributed by atoms with Crippen LogP contribution in [-0.4, -0.2) is 34.7 Å². The molecule has 0 N–H and O–H groups in total. The van der Waals surface area contributed by atoms with E-state index in [4.69, 9.17) is 4.74 Å². The molecule has 33 heavy (non-hydrogen) atoms. The smallest absolute Gasteiger partial charge is 0.417 e. The van der Waals surface area contributed by atoms with Crippen molar-refractivity contribution in [3.8, 4) is 17.1 Å². The highest BCUT2D eigenvalue weighted by Gasteiger charge is 2.35. The van der Waals surface area contributed by atoms with E-state index in [2.05, 4.69) is 20.0 Å². The van der Waals surface area contributed by atoms with Gasteiger partial charge in [-0.2, -0.15) is 13.2 Å². The Balaban J connectivity index is 1.52. The largest absolute Gasteiger partial charge is 0.494 e. The summed E-state index contributed by atoms with van der Waals surface area (Å²) in [5.41, 5.74) is 0.00480. The van der Waals surface area contributed by atoms with Crippen LogP contribution < -0.4 is 4.74 Å². The molecule has 2 heterocycles. The molecule has 3 aromatic rings. The lowest BCUT2D eigenvalue weighted by Crippen LogP contribution is -2.10. The molecule has 1 unspecified atom stereocenters. The van der Waals surface area contributed by atoms with Gasteiger partial charge in [-0.05, 0) is 42.3 Å². The number of nitrogens with zero attached hydrogens (tertiary/aromatic N) is 4. The number of alkyl halides is 3. The average Bonchev–Trinajstić information content (AvgIpc) is 3.26. The SMILES string of the molecule is CCCOc1ccc(-c2ncc(CC3C=NC(c4ccccc4F)=N3)cn2)c(C(F)(F)F)c1. The van der Waals surface area contributed by atoms with E-state index in [1.54, 1.807) is 24.4 Å². The number of rotatable bonds is 7. The molecule has 0 bridgehead atoms. The van der Waals surface area contributed by atoms with Gasteiger partial charge >= 0.3 is 6.18 Å². The van der Waals surface area contributed by atoms with E-state index >= 15 is 0 Å². The quantitative estimate of drug-likeness (QED) is 0.439. The van der Waals surface area contributed by atoms with Gasteiger partial charge in [0.2, 0.25) is 0 Å². The van der Waals surface area contributed by atoms with Gasteiger partial charge < -0.3 is 4.74 Å². The summed E-state index contributed by atoms with van der Waals surface area (Å²) in [6.45, 7) is 2.20. The van der Waals surface area contributed by atoms with Crippen LogP contribution in [0.4, 0.5) is 17.6 Å². The molecule has 1 aromatic heterocycles. The van der Waals surface area contributed by atoms with E-state index < -0.39 is 17.6 Å². The molecule has 9 heteroatoms. The second-order valence-corrected chi connectivity index (χ2v) is 7.45. The summed E-state index contributed by atoms with van der Waals surface area (Å²) in [6.07, 6.45) is 1.03. The number of halogens is 4. The fraction of sp³-hybridized carbons (Fsp3) is 0.250. The van der Waals surface area contributed by atoms with Crippen LogP contribution >= 0.6 is 0 Å². The molecule has 0 amide bonds. The van der Waals surface area contributed by atoms with Crippen molar-refractivity contribution in [1.82, 2.24) is 9.97 Å². The van der Waals surface area contributed by atoms with Crippen molar-refractivity contribution in [2.45, 2.75) is 32.0 Å². The van der Waals surface area contributed by atoms with E-state index in [0.717, 1.165) is 6.07 Å². The van der Waals surface area contributed by atoms with Crippen LogP contribution in [0.3, 0.4) is 0 Å². The van der Waals surface area contributed by atoms with Crippen molar-refractivity contribution >= 4 is 12.1 Å². The number of hydrogen-bond donors (Lipinski definition) is 0. The maximum absolute atomic E-state index is 13.9. The highest BCUT2D eigenvalue weighted by molar-refractivity contribution is 6.07. The third kappa shape index (κ3) is 5.24. The predicted molar refractivity (Wildman–Crippen MR) is 117 cm³/mol. The number of aliphatic imine (C=N–C) groups is 2. The Bertz CT molecular complexity index is 1190. The van der Waals surface area contributed by atoms with Crippen molar-refractivity contribution in [3.05, 3.63) is 77.4 Å². The van der Waals surface area contributed by atoms with Crippen LogP contribution in [0.5, 0.6) is 5.75 Å². The lowest BCUT2D eigenvalue weighted by atomic mass is 10.1. The monoisotopic (exact) mass is 456 g/mol. The summed E-state index contributed by atoms with van der Waals surface area (Å²) in [6, 6.07) is 9.65. The number of hydrogen-bond acceptors (Lipinski definition) is 5. The lowest BCUT2D eigenvalue weighted by Gasteiger charge is -2.14. The summed E-state index contributed by atoms with van der Waals surface area (Å²) in [5.74, 6) is 0.00138. The van der Waals surface area contributed by atoms with E-state index in [0.29, 0.717) is 36.4 Å². The first-order valence-corrected chi connectivity index (χ1v) is 10.4. The standard InChI is InChI=1S/C24H20F4N4O/c1-2-9-33-17-7-8-18(20(11-17)24(26,27)28)22-29-12-15(13-30-22)10-16-14-31-23(32-16)19-5-3-4-6-21(19)25/h3-8,11-14,16H,2,9-10H2,1H3. The molecular weight excluding hydrogens is 436 g/mol. The van der Waals surface area contributed by atoms with E-state index in [-0.39, 0.29) is 23.2 Å². The Kier molecular flexibility index (Phi) is 6.48. The number of aromatic nitrogens is 2. The number of amidine groups is 1. The van der Waals surface area contributed by atoms with Crippen LogP contribution in [0.1, 0.15) is 30.0 Å². The molecule has 0 spiro atoms. The zero-order chi connectivity index (χ0) is 23.4. The van der Waals surface area contributed by atoms with Gasteiger partial charge in [0.15, 0.2) is 11.7 Å². The van der Waals surface area contributed by atoms with E-state index in [9.17, 15) is 17.6 Å². The summed E-state index contributed by atoms with van der Waals surface area (Å²) < 4.78 is 60.1. The topological polar surface area (TPSA) is 59.7 Å². The van der Waals surface area contributed by atoms with E-state index in [1.165, 1.54) is 30.6 Å². The maximum Gasteiger partial charge on any atom is 0.417 e. The zero-order valence-electron chi connectivity index (χ0n) is 17.7. The molecule has 1 aliphatic heterocycles. The van der Waals surface area contributed by atoms with Crippen LogP contribution in [0.2, 0.25) is 0 Å². The third-order valence-electron chi connectivity index (χ3n) is 4.93. The van der Waals surface area contributed by atoms with Crippen LogP contribution in [0.15, 0.2) is 64.8 Å². The normalized spacial score (nSPS) is 15.5. The molecule has 0 saturated heterocycles. The second kappa shape index (κ2) is 9.48. The first kappa shape index (κ1) is 22.6. The molecule has 0 radical (unpaired) electrons. The Morgan fingerprint density at radius 1 is 1.00 bits per heavy atom. The van der Waals surface area contributed by atoms with Gasteiger partial charge in [0.25, 0.3) is 0 Å². The molecule has 0 fully saturated rings. The second-order valence-electron chi connectivity index (χ2n) is 7.45. The maximum atomic E-state index is 13.9. The van der Waals surface area contributed by atoms with Gasteiger partial charge in [-0.1, -0.05) is 19.1 Å². The summed E-state index contributed by atoms with van der Waals surface area (Å²) >= 11 is 0. The Morgan fingerprint density at radius 2 is 1.76 bits per heavy atom. The molecular formula is C24H20F4N4O. The van der Waals surface area contributed by atoms with Crippen LogP contribution in [-0.2, 0) is 12.6 Å². The van der Waals surface area contributed by atoms with Gasteiger partial charge in [0, 0.05) is 30.6 Å². The van der Waals surface area contributed by atoms with Gasteiger partial charge in [-0.15, -0.1) is 0 Å². The van der Waals surface area contributed by atoms with Gasteiger partial charge in [-0.3, -0.25) is 4.99 Å². The van der Waals surface area contributed by atoms with Crippen LogP contribution in [0, 0.1) is 5.82 Å². The Hall–Kier alpha value is -3.62. The highest BCUT2D eigenvalue weighted by Crippen LogP contribution is 2.38. The third-order valence-corrected chi connectivity index (χ3v) is 4.93. The molecule has 0 aliphatic carbocycles. The first-order valence-electron chi connectivity index (χ1n) is 10.4. The molecule has 170 valence electrons. The molecule has 1 atom stereocenters. The molecule has 2 aromatic carbocycles. The fourth-order valence-electron chi connectivity index (χ4n) is 3.36. The predicted octanol–water partition coefficient (Wildman–Crippen LogP) is 5.53. The minimum absolute atomic E-state index is 0.0382. The summed E-state index contributed by atoms with van der Waals surface area (Å²) in [7, 11) is 0. The summed E-state index contributed by atoms with van der Waals surface area (Å²) in [4.78, 5) is 16.9. The lowest BCUT2D eigenvalue weighted by molar-refractivity contribution is -0.137. The molecule has 5 nitrogen and oxygen atoms in total.